The molecule has 0 aliphatic rings. The molecule has 1 aromatic heterocycles. The van der Waals surface area contributed by atoms with Crippen LogP contribution < -0.4 is 0 Å². The molecule has 2 N–H and O–H groups in total. The first-order chi connectivity index (χ1) is 7.72. The molecular formula is C11H9NO3S. The number of thiophene rings is 1. The molecule has 0 fully saturated rings. The van der Waals surface area contributed by atoms with Crippen LogP contribution >= 0.6 is 11.3 Å². The lowest BCUT2D eigenvalue weighted by atomic mass is 10.1. The summed E-state index contributed by atoms with van der Waals surface area (Å²) in [5.41, 5.74) is 0.871. The van der Waals surface area contributed by atoms with E-state index in [2.05, 4.69) is 5.16 Å². The van der Waals surface area contributed by atoms with Crippen LogP contribution in [0, 0.1) is 0 Å². The molecule has 0 spiro atoms. The summed E-state index contributed by atoms with van der Waals surface area (Å²) in [4.78, 5) is 10.6. The van der Waals surface area contributed by atoms with Crippen molar-refractivity contribution in [3.05, 3.63) is 35.2 Å². The van der Waals surface area contributed by atoms with Crippen LogP contribution in [0.2, 0.25) is 0 Å². The largest absolute Gasteiger partial charge is 0.481 e. The van der Waals surface area contributed by atoms with Crippen LogP contribution in [0.4, 0.5) is 0 Å². The number of benzene rings is 1. The van der Waals surface area contributed by atoms with Crippen LogP contribution in [0.1, 0.15) is 12.0 Å². The van der Waals surface area contributed by atoms with E-state index in [1.165, 1.54) is 11.3 Å². The summed E-state index contributed by atoms with van der Waals surface area (Å²) in [5, 5.41) is 23.3. The Kier molecular flexibility index (Phi) is 2.87. The number of hydrogen-bond acceptors (Lipinski definition) is 4. The van der Waals surface area contributed by atoms with E-state index in [9.17, 15) is 4.79 Å². The highest BCUT2D eigenvalue weighted by Crippen LogP contribution is 2.26. The average Bonchev–Trinajstić information content (AvgIpc) is 2.69. The Balaban J connectivity index is 2.50. The third-order valence-electron chi connectivity index (χ3n) is 2.23. The summed E-state index contributed by atoms with van der Waals surface area (Å²) in [6.45, 7) is 0. The first kappa shape index (κ1) is 10.6. The second-order valence-corrected chi connectivity index (χ2v) is 4.17. The summed E-state index contributed by atoms with van der Waals surface area (Å²) in [6, 6.07) is 7.61. The number of fused-ring (bicyclic) bond motifs is 1. The third-order valence-corrected chi connectivity index (χ3v) is 3.19. The van der Waals surface area contributed by atoms with Gasteiger partial charge in [-0.2, -0.15) is 0 Å². The van der Waals surface area contributed by atoms with Gasteiger partial charge in [0.05, 0.1) is 12.1 Å². The fraction of sp³-hybridized carbons (Fsp3) is 0.0909. The van der Waals surface area contributed by atoms with Crippen molar-refractivity contribution in [1.82, 2.24) is 0 Å². The van der Waals surface area contributed by atoms with Gasteiger partial charge >= 0.3 is 5.97 Å². The summed E-state index contributed by atoms with van der Waals surface area (Å²) in [5.74, 6) is -1.01. The zero-order valence-electron chi connectivity index (χ0n) is 8.25. The zero-order chi connectivity index (χ0) is 11.5. The normalized spacial score (nSPS) is 11.9. The first-order valence-electron chi connectivity index (χ1n) is 4.61. The van der Waals surface area contributed by atoms with Crippen molar-refractivity contribution in [2.24, 2.45) is 5.16 Å². The molecule has 5 heteroatoms. The lowest BCUT2D eigenvalue weighted by Crippen LogP contribution is -2.07. The molecule has 0 atom stereocenters. The lowest BCUT2D eigenvalue weighted by Gasteiger charge is -1.99. The van der Waals surface area contributed by atoms with Crippen LogP contribution in [-0.2, 0) is 4.79 Å². The number of carboxylic acid groups (broad SMARTS) is 1. The average molecular weight is 235 g/mol. The predicted molar refractivity (Wildman–Crippen MR) is 62.4 cm³/mol. The smallest absolute Gasteiger partial charge is 0.309 e. The second-order valence-electron chi connectivity index (χ2n) is 3.26. The number of nitrogens with zero attached hydrogens (tertiary/aromatic N) is 1. The minimum Gasteiger partial charge on any atom is -0.481 e. The highest BCUT2D eigenvalue weighted by atomic mass is 32.1. The van der Waals surface area contributed by atoms with Gasteiger partial charge in [0.1, 0.15) is 0 Å². The van der Waals surface area contributed by atoms with Crippen molar-refractivity contribution in [3.8, 4) is 0 Å². The number of oxime groups is 1. The number of rotatable bonds is 3. The van der Waals surface area contributed by atoms with Gasteiger partial charge in [0.15, 0.2) is 0 Å². The molecular weight excluding hydrogens is 226 g/mol. The second kappa shape index (κ2) is 4.32. The summed E-state index contributed by atoms with van der Waals surface area (Å²) in [6.07, 6.45) is -0.281. The van der Waals surface area contributed by atoms with E-state index in [1.807, 2.05) is 29.6 Å². The zero-order valence-corrected chi connectivity index (χ0v) is 9.07. The minimum absolute atomic E-state index is 0.185. The van der Waals surface area contributed by atoms with Gasteiger partial charge in [0.25, 0.3) is 0 Å². The molecule has 0 bridgehead atoms. The van der Waals surface area contributed by atoms with Crippen LogP contribution in [0.3, 0.4) is 0 Å². The van der Waals surface area contributed by atoms with E-state index in [0.29, 0.717) is 5.56 Å². The molecule has 0 aliphatic heterocycles. The number of hydrogen-bond donors (Lipinski definition) is 2. The monoisotopic (exact) mass is 235 g/mol. The highest BCUT2D eigenvalue weighted by Gasteiger charge is 2.13. The van der Waals surface area contributed by atoms with E-state index in [4.69, 9.17) is 10.3 Å². The van der Waals surface area contributed by atoms with Gasteiger partial charge in [0, 0.05) is 21.0 Å². The van der Waals surface area contributed by atoms with Gasteiger partial charge in [-0.1, -0.05) is 23.4 Å². The maximum atomic E-state index is 10.6. The van der Waals surface area contributed by atoms with Crippen molar-refractivity contribution in [2.45, 2.75) is 6.42 Å². The lowest BCUT2D eigenvalue weighted by molar-refractivity contribution is -0.135. The van der Waals surface area contributed by atoms with Gasteiger partial charge in [-0.3, -0.25) is 4.79 Å². The maximum absolute atomic E-state index is 10.6. The van der Waals surface area contributed by atoms with Gasteiger partial charge in [-0.25, -0.2) is 0 Å². The van der Waals surface area contributed by atoms with Crippen molar-refractivity contribution in [3.63, 3.8) is 0 Å². The van der Waals surface area contributed by atoms with E-state index in [1.54, 1.807) is 0 Å². The molecule has 2 rings (SSSR count). The van der Waals surface area contributed by atoms with Crippen molar-refractivity contribution >= 4 is 33.1 Å². The summed E-state index contributed by atoms with van der Waals surface area (Å²) >= 11 is 1.50. The van der Waals surface area contributed by atoms with Crippen LogP contribution in [0.5, 0.6) is 0 Å². The molecule has 2 aromatic rings. The minimum atomic E-state index is -1.01. The predicted octanol–water partition coefficient (Wildman–Crippen LogP) is 2.55. The molecule has 82 valence electrons. The quantitative estimate of drug-likeness (QED) is 0.488. The molecule has 0 unspecified atom stereocenters. The van der Waals surface area contributed by atoms with Crippen LogP contribution in [0.25, 0.3) is 10.1 Å². The van der Waals surface area contributed by atoms with E-state index >= 15 is 0 Å². The Morgan fingerprint density at radius 2 is 2.12 bits per heavy atom. The molecule has 16 heavy (non-hydrogen) atoms. The van der Waals surface area contributed by atoms with E-state index in [-0.39, 0.29) is 12.1 Å². The highest BCUT2D eigenvalue weighted by molar-refractivity contribution is 7.17. The molecule has 4 nitrogen and oxygen atoms in total. The Labute approximate surface area is 95.4 Å². The standard InChI is InChI=1S/C11H9NO3S/c13-11(14)5-9(12-15)8-6-16-10-4-2-1-3-7(8)10/h1-4,6,15H,5H2,(H,13,14)/b12-9-. The molecule has 0 saturated heterocycles. The van der Waals surface area contributed by atoms with Gasteiger partial charge in [-0.05, 0) is 6.07 Å². The van der Waals surface area contributed by atoms with Crippen molar-refractivity contribution < 1.29 is 15.1 Å². The van der Waals surface area contributed by atoms with Crippen molar-refractivity contribution in [1.29, 1.82) is 0 Å². The molecule has 0 aliphatic carbocycles. The van der Waals surface area contributed by atoms with Gasteiger partial charge in [-0.15, -0.1) is 11.3 Å². The maximum Gasteiger partial charge on any atom is 0.309 e. The SMILES string of the molecule is O=C(O)C/C(=N/O)c1csc2ccccc12. The first-order valence-corrected chi connectivity index (χ1v) is 5.49. The Morgan fingerprint density at radius 3 is 2.81 bits per heavy atom. The van der Waals surface area contributed by atoms with Crippen LogP contribution in [0.15, 0.2) is 34.8 Å². The number of aliphatic carboxylic acids is 1. The summed E-state index contributed by atoms with van der Waals surface area (Å²) in [7, 11) is 0. The molecule has 1 heterocycles. The summed E-state index contributed by atoms with van der Waals surface area (Å²) < 4.78 is 1.05. The van der Waals surface area contributed by atoms with Gasteiger partial charge < -0.3 is 10.3 Å². The molecule has 0 radical (unpaired) electrons. The number of carbonyl (C=O) groups is 1. The number of carboxylic acids is 1. The molecule has 1 aromatic carbocycles. The Bertz CT molecular complexity index is 559. The van der Waals surface area contributed by atoms with Gasteiger partial charge in [0.2, 0.25) is 0 Å². The fourth-order valence-corrected chi connectivity index (χ4v) is 2.50. The van der Waals surface area contributed by atoms with E-state index in [0.717, 1.165) is 10.1 Å². The van der Waals surface area contributed by atoms with Crippen molar-refractivity contribution in [2.75, 3.05) is 0 Å². The molecule has 0 saturated carbocycles. The topological polar surface area (TPSA) is 69.9 Å². The van der Waals surface area contributed by atoms with E-state index < -0.39 is 5.97 Å². The third kappa shape index (κ3) is 1.90. The molecule has 0 amide bonds. The Morgan fingerprint density at radius 1 is 1.38 bits per heavy atom. The Hall–Kier alpha value is -1.88. The van der Waals surface area contributed by atoms with Crippen LogP contribution in [-0.4, -0.2) is 22.0 Å². The fourth-order valence-electron chi connectivity index (χ4n) is 1.53.